The molecule has 0 saturated heterocycles. The molecule has 0 fully saturated rings. The lowest BCUT2D eigenvalue weighted by atomic mass is 10.2. The molecule has 52 valence electrons. The molecular formula is C7H7FN2. The average Bonchev–Trinajstić information content (AvgIpc) is 2.36. The van der Waals surface area contributed by atoms with Crippen LogP contribution in [0, 0.1) is 5.95 Å². The summed E-state index contributed by atoms with van der Waals surface area (Å²) in [6.07, 6.45) is 2.24. The molecule has 1 aliphatic rings. The van der Waals surface area contributed by atoms with Gasteiger partial charge in [-0.3, -0.25) is 0 Å². The lowest BCUT2D eigenvalue weighted by molar-refractivity contribution is 0.572. The molecule has 0 unspecified atom stereocenters. The van der Waals surface area contributed by atoms with Gasteiger partial charge in [-0.25, -0.2) is 4.98 Å². The molecule has 0 aromatic carbocycles. The van der Waals surface area contributed by atoms with E-state index in [4.69, 9.17) is 0 Å². The normalized spacial score (nSPS) is 14.5. The summed E-state index contributed by atoms with van der Waals surface area (Å²) in [5.41, 5.74) is 1.62. The highest BCUT2D eigenvalue weighted by molar-refractivity contribution is 5.53. The van der Waals surface area contributed by atoms with Crippen molar-refractivity contribution in [2.45, 2.75) is 6.42 Å². The van der Waals surface area contributed by atoms with Gasteiger partial charge in [-0.05, 0) is 12.5 Å². The molecule has 0 amide bonds. The second-order valence-corrected chi connectivity index (χ2v) is 2.30. The van der Waals surface area contributed by atoms with E-state index in [1.165, 1.54) is 6.20 Å². The number of hydrogen-bond acceptors (Lipinski definition) is 2. The zero-order chi connectivity index (χ0) is 6.97. The maximum Gasteiger partial charge on any atom is 0.218 e. The van der Waals surface area contributed by atoms with Crippen LogP contribution < -0.4 is 5.32 Å². The first kappa shape index (κ1) is 5.65. The molecule has 0 saturated carbocycles. The van der Waals surface area contributed by atoms with Gasteiger partial charge in [0.05, 0.1) is 0 Å². The number of anilines is 1. The van der Waals surface area contributed by atoms with Crippen molar-refractivity contribution in [3.63, 3.8) is 0 Å². The molecule has 0 bridgehead atoms. The third-order valence-electron chi connectivity index (χ3n) is 1.69. The van der Waals surface area contributed by atoms with Crippen LogP contribution in [0.2, 0.25) is 0 Å². The molecule has 2 rings (SSSR count). The molecule has 2 heterocycles. The Balaban J connectivity index is 2.59. The highest BCUT2D eigenvalue weighted by Crippen LogP contribution is 2.21. The van der Waals surface area contributed by atoms with E-state index in [0.29, 0.717) is 0 Å². The fourth-order valence-electron chi connectivity index (χ4n) is 1.19. The monoisotopic (exact) mass is 138 g/mol. The van der Waals surface area contributed by atoms with Gasteiger partial charge in [-0.15, -0.1) is 0 Å². The lowest BCUT2D eigenvalue weighted by Gasteiger charge is -1.96. The second-order valence-electron chi connectivity index (χ2n) is 2.30. The number of aromatic nitrogens is 1. The average molecular weight is 138 g/mol. The molecule has 3 heteroatoms. The van der Waals surface area contributed by atoms with Gasteiger partial charge in [0, 0.05) is 24.0 Å². The van der Waals surface area contributed by atoms with Crippen LogP contribution in [0.3, 0.4) is 0 Å². The molecule has 2 nitrogen and oxygen atoms in total. The van der Waals surface area contributed by atoms with E-state index >= 15 is 0 Å². The highest BCUT2D eigenvalue weighted by atomic mass is 19.1. The minimum Gasteiger partial charge on any atom is -0.384 e. The van der Waals surface area contributed by atoms with E-state index in [1.54, 1.807) is 6.07 Å². The predicted octanol–water partition coefficient (Wildman–Crippen LogP) is 1.19. The van der Waals surface area contributed by atoms with Crippen molar-refractivity contribution in [3.8, 4) is 0 Å². The zero-order valence-corrected chi connectivity index (χ0v) is 5.39. The first-order chi connectivity index (χ1) is 4.88. The fraction of sp³-hybridized carbons (Fsp3) is 0.286. The number of rotatable bonds is 0. The smallest absolute Gasteiger partial charge is 0.218 e. The number of fused-ring (bicyclic) bond motifs is 1. The van der Waals surface area contributed by atoms with Gasteiger partial charge >= 0.3 is 0 Å². The standard InChI is InChI=1S/C7H7FN2/c8-7-5-1-3-9-6(5)2-4-10-7/h2,4,9H,1,3H2. The van der Waals surface area contributed by atoms with Gasteiger partial charge in [-0.1, -0.05) is 0 Å². The largest absolute Gasteiger partial charge is 0.384 e. The fourth-order valence-corrected chi connectivity index (χ4v) is 1.19. The van der Waals surface area contributed by atoms with Gasteiger partial charge in [0.25, 0.3) is 0 Å². The lowest BCUT2D eigenvalue weighted by Crippen LogP contribution is -1.90. The summed E-state index contributed by atoms with van der Waals surface area (Å²) < 4.78 is 12.7. The summed E-state index contributed by atoms with van der Waals surface area (Å²) in [6, 6.07) is 1.80. The number of nitrogens with one attached hydrogen (secondary N) is 1. The molecule has 10 heavy (non-hydrogen) atoms. The maximum atomic E-state index is 12.7. The third-order valence-corrected chi connectivity index (χ3v) is 1.69. The van der Waals surface area contributed by atoms with Crippen LogP contribution in [0.25, 0.3) is 0 Å². The summed E-state index contributed by atoms with van der Waals surface area (Å²) >= 11 is 0. The van der Waals surface area contributed by atoms with Crippen molar-refractivity contribution in [1.82, 2.24) is 4.98 Å². The molecule has 0 spiro atoms. The Morgan fingerprint density at radius 1 is 1.60 bits per heavy atom. The van der Waals surface area contributed by atoms with Gasteiger partial charge in [0.1, 0.15) is 0 Å². The van der Waals surface area contributed by atoms with Crippen molar-refractivity contribution in [1.29, 1.82) is 0 Å². The Morgan fingerprint density at radius 3 is 3.30 bits per heavy atom. The van der Waals surface area contributed by atoms with E-state index in [1.807, 2.05) is 0 Å². The first-order valence-corrected chi connectivity index (χ1v) is 3.25. The molecule has 1 aromatic heterocycles. The number of pyridine rings is 1. The Labute approximate surface area is 58.1 Å². The molecule has 1 aromatic rings. The van der Waals surface area contributed by atoms with E-state index in [2.05, 4.69) is 10.3 Å². The van der Waals surface area contributed by atoms with Crippen molar-refractivity contribution < 1.29 is 4.39 Å². The summed E-state index contributed by atoms with van der Waals surface area (Å²) in [4.78, 5) is 3.54. The molecule has 0 atom stereocenters. The molecular weight excluding hydrogens is 131 g/mol. The van der Waals surface area contributed by atoms with Crippen LogP contribution in [0.4, 0.5) is 10.1 Å². The Bertz CT molecular complexity index is 260. The van der Waals surface area contributed by atoms with Gasteiger partial charge < -0.3 is 5.32 Å². The molecule has 0 radical (unpaired) electrons. The highest BCUT2D eigenvalue weighted by Gasteiger charge is 2.13. The molecule has 1 N–H and O–H groups in total. The van der Waals surface area contributed by atoms with E-state index in [9.17, 15) is 4.39 Å². The summed E-state index contributed by atoms with van der Waals surface area (Å²) in [5.74, 6) is -0.331. The number of hydrogen-bond donors (Lipinski definition) is 1. The van der Waals surface area contributed by atoms with Crippen molar-refractivity contribution in [2.24, 2.45) is 0 Å². The third kappa shape index (κ3) is 0.667. The quantitative estimate of drug-likeness (QED) is 0.545. The van der Waals surface area contributed by atoms with Gasteiger partial charge in [-0.2, -0.15) is 4.39 Å². The van der Waals surface area contributed by atoms with Crippen LogP contribution in [0.15, 0.2) is 12.3 Å². The van der Waals surface area contributed by atoms with E-state index < -0.39 is 0 Å². The Hall–Kier alpha value is -1.12. The van der Waals surface area contributed by atoms with Crippen molar-refractivity contribution in [2.75, 3.05) is 11.9 Å². The van der Waals surface area contributed by atoms with Gasteiger partial charge in [0.15, 0.2) is 0 Å². The topological polar surface area (TPSA) is 24.9 Å². The Kier molecular flexibility index (Phi) is 1.09. The van der Waals surface area contributed by atoms with E-state index in [0.717, 1.165) is 24.2 Å². The molecule has 1 aliphatic heterocycles. The summed E-state index contributed by atoms with van der Waals surface area (Å²) in [5, 5.41) is 3.06. The zero-order valence-electron chi connectivity index (χ0n) is 5.39. The van der Waals surface area contributed by atoms with Crippen molar-refractivity contribution >= 4 is 5.69 Å². The van der Waals surface area contributed by atoms with Crippen LogP contribution in [-0.4, -0.2) is 11.5 Å². The Morgan fingerprint density at radius 2 is 2.50 bits per heavy atom. The van der Waals surface area contributed by atoms with Crippen LogP contribution in [0.1, 0.15) is 5.56 Å². The predicted molar refractivity (Wildman–Crippen MR) is 36.4 cm³/mol. The number of nitrogens with zero attached hydrogens (tertiary/aromatic N) is 1. The van der Waals surface area contributed by atoms with Gasteiger partial charge in [0.2, 0.25) is 5.95 Å². The maximum absolute atomic E-state index is 12.7. The van der Waals surface area contributed by atoms with Crippen molar-refractivity contribution in [3.05, 3.63) is 23.8 Å². The second kappa shape index (κ2) is 1.94. The van der Waals surface area contributed by atoms with E-state index in [-0.39, 0.29) is 5.95 Å². The van der Waals surface area contributed by atoms with Crippen LogP contribution >= 0.6 is 0 Å². The van der Waals surface area contributed by atoms with Crippen LogP contribution in [0.5, 0.6) is 0 Å². The SMILES string of the molecule is Fc1nccc2c1CCN2. The minimum atomic E-state index is -0.331. The summed E-state index contributed by atoms with van der Waals surface area (Å²) in [6.45, 7) is 0.831. The first-order valence-electron chi connectivity index (χ1n) is 3.25. The summed E-state index contributed by atoms with van der Waals surface area (Å²) in [7, 11) is 0. The van der Waals surface area contributed by atoms with Crippen LogP contribution in [-0.2, 0) is 6.42 Å². The number of halogens is 1. The molecule has 0 aliphatic carbocycles. The minimum absolute atomic E-state index is 0.331.